The Bertz CT molecular complexity index is 1070. The molecule has 2 amide bonds. The molecule has 0 spiro atoms. The molecule has 0 aromatic heterocycles. The zero-order chi connectivity index (χ0) is 22.7. The Hall–Kier alpha value is -3.06. The second-order valence-corrected chi connectivity index (χ2v) is 9.16. The van der Waals surface area contributed by atoms with Crippen molar-refractivity contribution >= 4 is 40.5 Å². The number of carbonyl (C=O) groups is 2. The van der Waals surface area contributed by atoms with Crippen molar-refractivity contribution in [3.63, 3.8) is 0 Å². The van der Waals surface area contributed by atoms with Crippen molar-refractivity contribution in [2.75, 3.05) is 17.8 Å². The van der Waals surface area contributed by atoms with Gasteiger partial charge in [0.05, 0.1) is 18.6 Å². The number of carbonyl (C=O) groups excluding carboxylic acids is 2. The van der Waals surface area contributed by atoms with Gasteiger partial charge >= 0.3 is 0 Å². The van der Waals surface area contributed by atoms with Crippen LogP contribution < -0.4 is 15.0 Å². The molecule has 0 atom stereocenters. The summed E-state index contributed by atoms with van der Waals surface area (Å²) in [6, 6.07) is 15.7. The summed E-state index contributed by atoms with van der Waals surface area (Å²) in [6.45, 7) is 4.29. The molecular weight excluding hydrogens is 422 g/mol. The van der Waals surface area contributed by atoms with Crippen LogP contribution in [0.3, 0.4) is 0 Å². The molecule has 1 aliphatic heterocycles. The number of nitrogens with zero attached hydrogens (tertiary/aromatic N) is 2. The van der Waals surface area contributed by atoms with Crippen molar-refractivity contribution in [1.82, 2.24) is 5.32 Å². The molecule has 0 saturated heterocycles. The van der Waals surface area contributed by atoms with Gasteiger partial charge in [-0.25, -0.2) is 4.99 Å². The average molecular weight is 450 g/mol. The first-order valence-electron chi connectivity index (χ1n) is 10.8. The Kier molecular flexibility index (Phi) is 6.65. The molecule has 1 saturated carbocycles. The van der Waals surface area contributed by atoms with Gasteiger partial charge in [-0.1, -0.05) is 55.9 Å². The molecule has 2 aromatic carbocycles. The maximum atomic E-state index is 13.3. The zero-order valence-corrected chi connectivity index (χ0v) is 19.3. The molecule has 0 bridgehead atoms. The predicted octanol–water partition coefficient (Wildman–Crippen LogP) is 4.57. The highest BCUT2D eigenvalue weighted by Crippen LogP contribution is 2.31. The van der Waals surface area contributed by atoms with Crippen molar-refractivity contribution in [2.45, 2.75) is 38.6 Å². The van der Waals surface area contributed by atoms with Gasteiger partial charge in [-0.05, 0) is 48.1 Å². The number of hydrogen-bond donors (Lipinski definition) is 1. The lowest BCUT2D eigenvalue weighted by Crippen LogP contribution is -2.32. The van der Waals surface area contributed by atoms with E-state index in [2.05, 4.69) is 36.3 Å². The third kappa shape index (κ3) is 5.22. The van der Waals surface area contributed by atoms with Gasteiger partial charge in [-0.15, -0.1) is 0 Å². The van der Waals surface area contributed by atoms with Crippen molar-refractivity contribution in [1.29, 1.82) is 0 Å². The second kappa shape index (κ2) is 9.61. The normalized spacial score (nSPS) is 17.1. The largest absolute Gasteiger partial charge is 0.497 e. The van der Waals surface area contributed by atoms with E-state index in [0.29, 0.717) is 34.3 Å². The van der Waals surface area contributed by atoms with E-state index in [-0.39, 0.29) is 17.6 Å². The SMILES string of the molecule is COc1cccc(N2C(=O)/C(=C\c3ccc(C(C)C)cc3)N=C2SCC(=O)NC2CC2)c1. The fourth-order valence-electron chi connectivity index (χ4n) is 3.33. The summed E-state index contributed by atoms with van der Waals surface area (Å²) in [4.78, 5) is 31.7. The number of anilines is 1. The van der Waals surface area contributed by atoms with Crippen LogP contribution in [0.1, 0.15) is 43.7 Å². The molecule has 1 fully saturated rings. The van der Waals surface area contributed by atoms with Gasteiger partial charge in [-0.2, -0.15) is 0 Å². The van der Waals surface area contributed by atoms with E-state index in [1.54, 1.807) is 24.2 Å². The predicted molar refractivity (Wildman–Crippen MR) is 130 cm³/mol. The summed E-state index contributed by atoms with van der Waals surface area (Å²) in [7, 11) is 1.59. The minimum absolute atomic E-state index is 0.0417. The molecule has 32 heavy (non-hydrogen) atoms. The van der Waals surface area contributed by atoms with Crippen LogP contribution in [0.5, 0.6) is 5.75 Å². The molecule has 7 heteroatoms. The number of benzene rings is 2. The second-order valence-electron chi connectivity index (χ2n) is 8.22. The van der Waals surface area contributed by atoms with Gasteiger partial charge in [0.2, 0.25) is 5.91 Å². The van der Waals surface area contributed by atoms with Crippen LogP contribution in [-0.4, -0.2) is 35.9 Å². The molecule has 2 aromatic rings. The first-order chi connectivity index (χ1) is 15.4. The van der Waals surface area contributed by atoms with Gasteiger partial charge < -0.3 is 10.1 Å². The number of hydrogen-bond acceptors (Lipinski definition) is 5. The molecule has 2 aliphatic rings. The highest BCUT2D eigenvalue weighted by molar-refractivity contribution is 8.14. The van der Waals surface area contributed by atoms with Crippen LogP contribution in [0.2, 0.25) is 0 Å². The van der Waals surface area contributed by atoms with Crippen LogP contribution >= 0.6 is 11.8 Å². The highest BCUT2D eigenvalue weighted by Gasteiger charge is 2.33. The monoisotopic (exact) mass is 449 g/mol. The quantitative estimate of drug-likeness (QED) is 0.629. The zero-order valence-electron chi connectivity index (χ0n) is 18.5. The first kappa shape index (κ1) is 22.1. The van der Waals surface area contributed by atoms with Crippen molar-refractivity contribution in [3.05, 3.63) is 65.4 Å². The number of methoxy groups -OCH3 is 1. The third-order valence-corrected chi connectivity index (χ3v) is 6.26. The lowest BCUT2D eigenvalue weighted by molar-refractivity contribution is -0.118. The molecule has 0 radical (unpaired) electrons. The minimum atomic E-state index is -0.226. The van der Waals surface area contributed by atoms with Crippen LogP contribution in [0.4, 0.5) is 5.69 Å². The summed E-state index contributed by atoms with van der Waals surface area (Å²) in [5, 5.41) is 3.46. The maximum absolute atomic E-state index is 13.3. The van der Waals surface area contributed by atoms with Crippen LogP contribution in [0, 0.1) is 0 Å². The number of nitrogens with one attached hydrogen (secondary N) is 1. The standard InChI is InChI=1S/C25H27N3O3S/c1-16(2)18-9-7-17(8-10-18)13-22-24(30)28(20-5-4-6-21(14-20)31-3)25(27-22)32-15-23(29)26-19-11-12-19/h4-10,13-14,16,19H,11-12,15H2,1-3H3,(H,26,29)/b22-13+. The summed E-state index contributed by atoms with van der Waals surface area (Å²) in [5.41, 5.74) is 3.14. The average Bonchev–Trinajstić information content (AvgIpc) is 3.55. The van der Waals surface area contributed by atoms with Crippen molar-refractivity contribution in [2.24, 2.45) is 4.99 Å². The lowest BCUT2D eigenvalue weighted by atomic mass is 10.0. The van der Waals surface area contributed by atoms with Gasteiger partial charge in [0.25, 0.3) is 5.91 Å². The Labute approximate surface area is 192 Å². The van der Waals surface area contributed by atoms with E-state index in [1.165, 1.54) is 17.3 Å². The fraction of sp³-hybridized carbons (Fsp3) is 0.320. The van der Waals surface area contributed by atoms with Crippen molar-refractivity contribution in [3.8, 4) is 5.75 Å². The number of ether oxygens (including phenoxy) is 1. The van der Waals surface area contributed by atoms with Crippen LogP contribution in [0.15, 0.2) is 59.2 Å². The van der Waals surface area contributed by atoms with Gasteiger partial charge in [0.1, 0.15) is 11.4 Å². The third-order valence-electron chi connectivity index (χ3n) is 5.32. The smallest absolute Gasteiger partial charge is 0.283 e. The van der Waals surface area contributed by atoms with Gasteiger partial charge in [0, 0.05) is 12.1 Å². The van der Waals surface area contributed by atoms with E-state index in [4.69, 9.17) is 4.74 Å². The summed E-state index contributed by atoms with van der Waals surface area (Å²) in [6.07, 6.45) is 3.86. The maximum Gasteiger partial charge on any atom is 0.283 e. The first-order valence-corrected chi connectivity index (χ1v) is 11.7. The Morgan fingerprint density at radius 3 is 2.66 bits per heavy atom. The Morgan fingerprint density at radius 2 is 2.00 bits per heavy atom. The van der Waals surface area contributed by atoms with Gasteiger partial charge in [-0.3, -0.25) is 14.5 Å². The number of rotatable bonds is 7. The molecule has 1 N–H and O–H groups in total. The summed E-state index contributed by atoms with van der Waals surface area (Å²) < 4.78 is 5.32. The van der Waals surface area contributed by atoms with Crippen molar-refractivity contribution < 1.29 is 14.3 Å². The molecule has 4 rings (SSSR count). The summed E-state index contributed by atoms with van der Waals surface area (Å²) >= 11 is 1.26. The number of amidine groups is 1. The molecule has 1 heterocycles. The van der Waals surface area contributed by atoms with E-state index in [9.17, 15) is 9.59 Å². The highest BCUT2D eigenvalue weighted by atomic mass is 32.2. The number of aliphatic imine (C=N–C) groups is 1. The van der Waals surface area contributed by atoms with Crippen LogP contribution in [0.25, 0.3) is 6.08 Å². The summed E-state index contributed by atoms with van der Waals surface area (Å²) in [5.74, 6) is 1.03. The Balaban J connectivity index is 1.60. The lowest BCUT2D eigenvalue weighted by Gasteiger charge is -2.18. The fourth-order valence-corrected chi connectivity index (χ4v) is 4.16. The Morgan fingerprint density at radius 1 is 1.25 bits per heavy atom. The minimum Gasteiger partial charge on any atom is -0.497 e. The van der Waals surface area contributed by atoms with Gasteiger partial charge in [0.15, 0.2) is 5.17 Å². The van der Waals surface area contributed by atoms with E-state index in [1.807, 2.05) is 30.3 Å². The topological polar surface area (TPSA) is 71.0 Å². The van der Waals surface area contributed by atoms with Crippen LogP contribution in [-0.2, 0) is 9.59 Å². The molecular formula is C25H27N3O3S. The molecule has 166 valence electrons. The number of thioether (sulfide) groups is 1. The van der Waals surface area contributed by atoms with E-state index >= 15 is 0 Å². The molecule has 1 aliphatic carbocycles. The number of amides is 2. The molecule has 6 nitrogen and oxygen atoms in total. The molecule has 0 unspecified atom stereocenters. The van der Waals surface area contributed by atoms with E-state index in [0.717, 1.165) is 18.4 Å². The van der Waals surface area contributed by atoms with E-state index < -0.39 is 0 Å².